The lowest BCUT2D eigenvalue weighted by Crippen LogP contribution is -2.32. The molecule has 1 aromatic carbocycles. The van der Waals surface area contributed by atoms with Gasteiger partial charge in [-0.15, -0.1) is 0 Å². The van der Waals surface area contributed by atoms with Crippen LogP contribution in [0.15, 0.2) is 24.3 Å². The minimum absolute atomic E-state index is 0.215. The molecular formula is C12H18FNO2S2. The highest BCUT2D eigenvalue weighted by molar-refractivity contribution is 7.98. The van der Waals surface area contributed by atoms with Crippen molar-refractivity contribution in [2.24, 2.45) is 0 Å². The van der Waals surface area contributed by atoms with E-state index in [0.717, 1.165) is 0 Å². The van der Waals surface area contributed by atoms with E-state index >= 15 is 0 Å². The summed E-state index contributed by atoms with van der Waals surface area (Å²) in [6, 6.07) is 6.61. The third kappa shape index (κ3) is 4.96. The Morgan fingerprint density at radius 2 is 2.00 bits per heavy atom. The second-order valence-electron chi connectivity index (χ2n) is 4.13. The first-order valence-electron chi connectivity index (χ1n) is 5.73. The molecule has 0 spiro atoms. The van der Waals surface area contributed by atoms with Crippen LogP contribution in [-0.4, -0.2) is 26.0 Å². The van der Waals surface area contributed by atoms with Crippen molar-refractivity contribution in [3.8, 4) is 0 Å². The maximum absolute atomic E-state index is 13.3. The van der Waals surface area contributed by atoms with Gasteiger partial charge in [0.15, 0.2) is 0 Å². The topological polar surface area (TPSA) is 46.2 Å². The molecule has 6 heteroatoms. The number of nitrogens with one attached hydrogen (secondary N) is 1. The Morgan fingerprint density at radius 1 is 1.33 bits per heavy atom. The van der Waals surface area contributed by atoms with Gasteiger partial charge in [0, 0.05) is 18.1 Å². The fourth-order valence-corrected chi connectivity index (χ4v) is 2.91. The molecule has 0 amide bonds. The number of hydrogen-bond acceptors (Lipinski definition) is 3. The van der Waals surface area contributed by atoms with Gasteiger partial charge in [-0.3, -0.25) is 0 Å². The van der Waals surface area contributed by atoms with Gasteiger partial charge >= 0.3 is 0 Å². The highest BCUT2D eigenvalue weighted by atomic mass is 32.2. The maximum atomic E-state index is 13.3. The number of sulfonamides is 1. The van der Waals surface area contributed by atoms with Crippen molar-refractivity contribution in [3.63, 3.8) is 0 Å². The van der Waals surface area contributed by atoms with E-state index in [4.69, 9.17) is 0 Å². The zero-order chi connectivity index (χ0) is 13.6. The first-order chi connectivity index (χ1) is 8.43. The number of benzene rings is 1. The van der Waals surface area contributed by atoms with Gasteiger partial charge in [0.05, 0.1) is 5.25 Å². The molecule has 0 saturated heterocycles. The molecule has 1 aromatic rings. The number of thioether (sulfide) groups is 1. The normalized spacial score (nSPS) is 12.0. The molecule has 1 N–H and O–H groups in total. The van der Waals surface area contributed by atoms with Gasteiger partial charge in [0.1, 0.15) is 5.82 Å². The van der Waals surface area contributed by atoms with Crippen LogP contribution in [0.1, 0.15) is 19.4 Å². The van der Waals surface area contributed by atoms with Crippen molar-refractivity contribution in [1.82, 2.24) is 4.72 Å². The van der Waals surface area contributed by atoms with E-state index in [1.165, 1.54) is 17.8 Å². The quantitative estimate of drug-likeness (QED) is 0.785. The van der Waals surface area contributed by atoms with Gasteiger partial charge < -0.3 is 0 Å². The highest BCUT2D eigenvalue weighted by Crippen LogP contribution is 2.14. The van der Waals surface area contributed by atoms with Crippen LogP contribution in [-0.2, 0) is 15.8 Å². The van der Waals surface area contributed by atoms with Crippen molar-refractivity contribution in [1.29, 1.82) is 0 Å². The third-order valence-corrected chi connectivity index (χ3v) is 5.24. The third-order valence-electron chi connectivity index (χ3n) is 2.39. The number of rotatable bonds is 7. The van der Waals surface area contributed by atoms with Gasteiger partial charge in [-0.25, -0.2) is 17.5 Å². The first kappa shape index (κ1) is 15.5. The molecule has 0 unspecified atom stereocenters. The molecule has 0 aromatic heterocycles. The van der Waals surface area contributed by atoms with E-state index in [-0.39, 0.29) is 5.82 Å². The van der Waals surface area contributed by atoms with Crippen molar-refractivity contribution in [2.75, 3.05) is 12.3 Å². The minimum atomic E-state index is -3.19. The Bertz CT molecular complexity index is 475. The molecule has 0 fully saturated rings. The summed E-state index contributed by atoms with van der Waals surface area (Å²) >= 11 is 1.51. The molecule has 3 nitrogen and oxygen atoms in total. The van der Waals surface area contributed by atoms with E-state index < -0.39 is 15.3 Å². The van der Waals surface area contributed by atoms with E-state index in [9.17, 15) is 12.8 Å². The second-order valence-corrected chi connectivity index (χ2v) is 7.56. The molecule has 1 rings (SSSR count). The SMILES string of the molecule is CC(C)S(=O)(=O)NCCSCc1ccccc1F. The molecule has 18 heavy (non-hydrogen) atoms. The maximum Gasteiger partial charge on any atom is 0.213 e. The second kappa shape index (κ2) is 7.11. The standard InChI is InChI=1S/C12H18FNO2S2/c1-10(2)18(15,16)14-7-8-17-9-11-5-3-4-6-12(11)13/h3-6,10,14H,7-9H2,1-2H3. The van der Waals surface area contributed by atoms with Crippen molar-refractivity contribution in [3.05, 3.63) is 35.6 Å². The van der Waals surface area contributed by atoms with Gasteiger partial charge in [-0.1, -0.05) is 18.2 Å². The van der Waals surface area contributed by atoms with Gasteiger partial charge in [0.2, 0.25) is 10.0 Å². The van der Waals surface area contributed by atoms with Crippen molar-refractivity contribution >= 4 is 21.8 Å². The average molecular weight is 291 g/mol. The lowest BCUT2D eigenvalue weighted by Gasteiger charge is -2.09. The summed E-state index contributed by atoms with van der Waals surface area (Å²) in [6.45, 7) is 3.64. The Kier molecular flexibility index (Phi) is 6.11. The molecule has 0 atom stereocenters. The summed E-state index contributed by atoms with van der Waals surface area (Å²) in [6.07, 6.45) is 0. The summed E-state index contributed by atoms with van der Waals surface area (Å²) < 4.78 is 38.7. The molecule has 0 aliphatic heterocycles. The molecule has 0 aliphatic carbocycles. The zero-order valence-electron chi connectivity index (χ0n) is 10.5. The summed E-state index contributed by atoms with van der Waals surface area (Å²) in [5.74, 6) is 0.962. The molecule has 0 saturated carbocycles. The molecule has 0 bridgehead atoms. The predicted molar refractivity (Wildman–Crippen MR) is 74.6 cm³/mol. The Labute approximate surface area is 112 Å². The minimum Gasteiger partial charge on any atom is -0.214 e. The van der Waals surface area contributed by atoms with E-state index in [0.29, 0.717) is 23.6 Å². The highest BCUT2D eigenvalue weighted by Gasteiger charge is 2.14. The molecule has 0 radical (unpaired) electrons. The average Bonchev–Trinajstić information content (AvgIpc) is 2.30. The fraction of sp³-hybridized carbons (Fsp3) is 0.500. The molecular weight excluding hydrogens is 273 g/mol. The van der Waals surface area contributed by atoms with Crippen LogP contribution in [0.5, 0.6) is 0 Å². The monoisotopic (exact) mass is 291 g/mol. The van der Waals surface area contributed by atoms with Crippen molar-refractivity contribution < 1.29 is 12.8 Å². The summed E-state index contributed by atoms with van der Waals surface area (Å²) in [5, 5.41) is -0.422. The van der Waals surface area contributed by atoms with E-state index in [2.05, 4.69) is 4.72 Å². The Hall–Kier alpha value is -0.590. The van der Waals surface area contributed by atoms with Gasteiger partial charge in [0.25, 0.3) is 0 Å². The molecule has 0 aliphatic rings. The van der Waals surface area contributed by atoms with E-state index in [1.807, 2.05) is 0 Å². The lowest BCUT2D eigenvalue weighted by atomic mass is 10.2. The molecule has 0 heterocycles. The Morgan fingerprint density at radius 3 is 2.61 bits per heavy atom. The smallest absolute Gasteiger partial charge is 0.213 e. The number of hydrogen-bond donors (Lipinski definition) is 1. The van der Waals surface area contributed by atoms with Crippen LogP contribution in [0.2, 0.25) is 0 Å². The summed E-state index contributed by atoms with van der Waals surface area (Å²) in [4.78, 5) is 0. The van der Waals surface area contributed by atoms with Crippen LogP contribution in [0.3, 0.4) is 0 Å². The fourth-order valence-electron chi connectivity index (χ4n) is 1.22. The van der Waals surface area contributed by atoms with Crippen molar-refractivity contribution in [2.45, 2.75) is 24.9 Å². The van der Waals surface area contributed by atoms with Gasteiger partial charge in [-0.05, 0) is 25.5 Å². The van der Waals surface area contributed by atoms with Crippen LogP contribution in [0.25, 0.3) is 0 Å². The van der Waals surface area contributed by atoms with E-state index in [1.54, 1.807) is 32.0 Å². The molecule has 102 valence electrons. The van der Waals surface area contributed by atoms with Crippen LogP contribution < -0.4 is 4.72 Å². The predicted octanol–water partition coefficient (Wildman–Crippen LogP) is 2.39. The number of halogens is 1. The van der Waals surface area contributed by atoms with Crippen LogP contribution in [0, 0.1) is 5.82 Å². The summed E-state index contributed by atoms with van der Waals surface area (Å²) in [7, 11) is -3.19. The van der Waals surface area contributed by atoms with Crippen LogP contribution >= 0.6 is 11.8 Å². The lowest BCUT2D eigenvalue weighted by molar-refractivity contribution is 0.575. The summed E-state index contributed by atoms with van der Waals surface area (Å²) in [5.41, 5.74) is 0.647. The van der Waals surface area contributed by atoms with Gasteiger partial charge in [-0.2, -0.15) is 11.8 Å². The largest absolute Gasteiger partial charge is 0.214 e. The Balaban J connectivity index is 2.26. The first-order valence-corrected chi connectivity index (χ1v) is 8.43. The van der Waals surface area contributed by atoms with Crippen LogP contribution in [0.4, 0.5) is 4.39 Å². The zero-order valence-corrected chi connectivity index (χ0v) is 12.2.